The second-order valence-corrected chi connectivity index (χ2v) is 5.00. The number of carbonyl (C=O) groups is 1. The van der Waals surface area contributed by atoms with Crippen molar-refractivity contribution in [1.82, 2.24) is 5.32 Å². The summed E-state index contributed by atoms with van der Waals surface area (Å²) in [4.78, 5) is 11.5. The van der Waals surface area contributed by atoms with Crippen LogP contribution in [0.25, 0.3) is 0 Å². The molecule has 1 N–H and O–H groups in total. The van der Waals surface area contributed by atoms with E-state index in [2.05, 4.69) is 5.32 Å². The van der Waals surface area contributed by atoms with Gasteiger partial charge in [-0.2, -0.15) is 0 Å². The predicted molar refractivity (Wildman–Crippen MR) is 64.1 cm³/mol. The normalized spacial score (nSPS) is 13.0. The van der Waals surface area contributed by atoms with Gasteiger partial charge in [-0.1, -0.05) is 6.07 Å². The Labute approximate surface area is 105 Å². The molecule has 3 nitrogen and oxygen atoms in total. The molecular formula is C13H17F2NO2. The van der Waals surface area contributed by atoms with Crippen LogP contribution in [-0.2, 0) is 4.74 Å². The van der Waals surface area contributed by atoms with E-state index in [-0.39, 0.29) is 5.56 Å². The summed E-state index contributed by atoms with van der Waals surface area (Å²) in [6.45, 7) is 6.62. The second-order valence-electron chi connectivity index (χ2n) is 5.00. The highest BCUT2D eigenvalue weighted by Crippen LogP contribution is 2.20. The molecule has 0 aliphatic heterocycles. The van der Waals surface area contributed by atoms with Crippen molar-refractivity contribution in [1.29, 1.82) is 0 Å². The van der Waals surface area contributed by atoms with Gasteiger partial charge in [-0.15, -0.1) is 0 Å². The molecule has 0 heterocycles. The Hall–Kier alpha value is -1.65. The first-order chi connectivity index (χ1) is 8.20. The van der Waals surface area contributed by atoms with Gasteiger partial charge in [-0.3, -0.25) is 0 Å². The van der Waals surface area contributed by atoms with Crippen LogP contribution in [0.4, 0.5) is 13.6 Å². The van der Waals surface area contributed by atoms with Crippen molar-refractivity contribution >= 4 is 6.09 Å². The number of alkyl carbamates (subject to hydrolysis) is 1. The third-order valence-corrected chi connectivity index (χ3v) is 2.17. The maximum Gasteiger partial charge on any atom is 0.408 e. The van der Waals surface area contributed by atoms with Gasteiger partial charge in [0.15, 0.2) is 0 Å². The monoisotopic (exact) mass is 257 g/mol. The summed E-state index contributed by atoms with van der Waals surface area (Å²) in [5.41, 5.74) is -0.833. The second kappa shape index (κ2) is 5.33. The molecule has 0 saturated heterocycles. The van der Waals surface area contributed by atoms with Gasteiger partial charge < -0.3 is 10.1 Å². The van der Waals surface area contributed by atoms with Gasteiger partial charge in [0.2, 0.25) is 0 Å². The molecule has 5 heteroatoms. The molecule has 0 spiro atoms. The van der Waals surface area contributed by atoms with Crippen molar-refractivity contribution in [3.8, 4) is 0 Å². The summed E-state index contributed by atoms with van der Waals surface area (Å²) in [5.74, 6) is -1.39. The van der Waals surface area contributed by atoms with Crippen molar-refractivity contribution in [2.45, 2.75) is 39.3 Å². The maximum atomic E-state index is 13.5. The summed E-state index contributed by atoms with van der Waals surface area (Å²) < 4.78 is 31.9. The van der Waals surface area contributed by atoms with E-state index in [1.165, 1.54) is 13.0 Å². The van der Waals surface area contributed by atoms with Gasteiger partial charge in [-0.25, -0.2) is 13.6 Å². The summed E-state index contributed by atoms with van der Waals surface area (Å²) in [6, 6.07) is 2.76. The lowest BCUT2D eigenvalue weighted by molar-refractivity contribution is 0.0506. The largest absolute Gasteiger partial charge is 0.444 e. The van der Waals surface area contributed by atoms with Crippen LogP contribution in [-0.4, -0.2) is 11.7 Å². The fourth-order valence-corrected chi connectivity index (χ4v) is 1.48. The molecule has 0 aliphatic rings. The molecular weight excluding hydrogens is 240 g/mol. The van der Waals surface area contributed by atoms with Crippen LogP contribution in [0.15, 0.2) is 18.2 Å². The van der Waals surface area contributed by atoms with Crippen LogP contribution in [0, 0.1) is 11.6 Å². The molecule has 1 atom stereocenters. The Morgan fingerprint density at radius 3 is 2.22 bits per heavy atom. The first kappa shape index (κ1) is 14.4. The molecule has 1 aromatic carbocycles. The SMILES string of the molecule is CC(NC(=O)OC(C)(C)C)c1c(F)cccc1F. The van der Waals surface area contributed by atoms with Crippen LogP contribution in [0.2, 0.25) is 0 Å². The van der Waals surface area contributed by atoms with Gasteiger partial charge >= 0.3 is 6.09 Å². The molecule has 1 aromatic rings. The average Bonchev–Trinajstić information content (AvgIpc) is 2.13. The zero-order valence-corrected chi connectivity index (χ0v) is 10.9. The third kappa shape index (κ3) is 3.98. The molecule has 1 amide bonds. The third-order valence-electron chi connectivity index (χ3n) is 2.17. The van der Waals surface area contributed by atoms with Crippen molar-refractivity contribution < 1.29 is 18.3 Å². The molecule has 100 valence electrons. The van der Waals surface area contributed by atoms with E-state index >= 15 is 0 Å². The zero-order chi connectivity index (χ0) is 13.9. The number of rotatable bonds is 2. The van der Waals surface area contributed by atoms with Crippen LogP contribution in [0.5, 0.6) is 0 Å². The highest BCUT2D eigenvalue weighted by atomic mass is 19.1. The fourth-order valence-electron chi connectivity index (χ4n) is 1.48. The Kier molecular flexibility index (Phi) is 4.27. The van der Waals surface area contributed by atoms with Gasteiger partial charge in [0, 0.05) is 5.56 Å². The summed E-state index contributed by atoms with van der Waals surface area (Å²) in [5, 5.41) is 2.39. The highest BCUT2D eigenvalue weighted by Gasteiger charge is 2.21. The topological polar surface area (TPSA) is 38.3 Å². The van der Waals surface area contributed by atoms with Crippen molar-refractivity contribution in [2.75, 3.05) is 0 Å². The molecule has 0 fully saturated rings. The number of nitrogens with one attached hydrogen (secondary N) is 1. The van der Waals surface area contributed by atoms with E-state index in [1.54, 1.807) is 20.8 Å². The molecule has 1 rings (SSSR count). The maximum absolute atomic E-state index is 13.5. The number of carbonyl (C=O) groups excluding carboxylic acids is 1. The molecule has 0 bridgehead atoms. The smallest absolute Gasteiger partial charge is 0.408 e. The van der Waals surface area contributed by atoms with Gasteiger partial charge in [-0.05, 0) is 39.8 Å². The van der Waals surface area contributed by atoms with Gasteiger partial charge in [0.1, 0.15) is 17.2 Å². The number of amides is 1. The van der Waals surface area contributed by atoms with E-state index in [9.17, 15) is 13.6 Å². The standard InChI is InChI=1S/C13H17F2NO2/c1-8(16-12(17)18-13(2,3)4)11-9(14)6-5-7-10(11)15/h5-8H,1-4H3,(H,16,17). The summed E-state index contributed by atoms with van der Waals surface area (Å²) in [6.07, 6.45) is -0.711. The van der Waals surface area contributed by atoms with Crippen molar-refractivity contribution in [3.05, 3.63) is 35.4 Å². The average molecular weight is 257 g/mol. The van der Waals surface area contributed by atoms with Crippen molar-refractivity contribution in [3.63, 3.8) is 0 Å². The number of hydrogen-bond donors (Lipinski definition) is 1. The minimum atomic E-state index is -0.805. The molecule has 0 aliphatic carbocycles. The van der Waals surface area contributed by atoms with E-state index in [4.69, 9.17) is 4.74 Å². The Bertz CT molecular complexity index is 421. The number of halogens is 2. The first-order valence-electron chi connectivity index (χ1n) is 5.64. The number of ether oxygens (including phenoxy) is 1. The molecule has 0 radical (unpaired) electrons. The predicted octanol–water partition coefficient (Wildman–Crippen LogP) is 3.55. The van der Waals surface area contributed by atoms with Gasteiger partial charge in [0.05, 0.1) is 6.04 Å². The van der Waals surface area contributed by atoms with E-state index in [0.29, 0.717) is 0 Å². The van der Waals surface area contributed by atoms with Gasteiger partial charge in [0.25, 0.3) is 0 Å². The molecule has 1 unspecified atom stereocenters. The van der Waals surface area contributed by atoms with E-state index < -0.39 is 29.4 Å². The Balaban J connectivity index is 2.77. The molecule has 0 saturated carbocycles. The summed E-state index contributed by atoms with van der Waals surface area (Å²) >= 11 is 0. The van der Waals surface area contributed by atoms with Crippen LogP contribution >= 0.6 is 0 Å². The lowest BCUT2D eigenvalue weighted by Gasteiger charge is -2.22. The van der Waals surface area contributed by atoms with Crippen LogP contribution in [0.1, 0.15) is 39.3 Å². The minimum Gasteiger partial charge on any atom is -0.444 e. The first-order valence-corrected chi connectivity index (χ1v) is 5.64. The lowest BCUT2D eigenvalue weighted by Crippen LogP contribution is -2.34. The Morgan fingerprint density at radius 2 is 1.78 bits per heavy atom. The molecule has 18 heavy (non-hydrogen) atoms. The molecule has 0 aromatic heterocycles. The van der Waals surface area contributed by atoms with Crippen molar-refractivity contribution in [2.24, 2.45) is 0 Å². The van der Waals surface area contributed by atoms with E-state index in [1.807, 2.05) is 0 Å². The zero-order valence-electron chi connectivity index (χ0n) is 10.9. The highest BCUT2D eigenvalue weighted by molar-refractivity contribution is 5.68. The van der Waals surface area contributed by atoms with E-state index in [0.717, 1.165) is 12.1 Å². The quantitative estimate of drug-likeness (QED) is 0.879. The number of benzene rings is 1. The van der Waals surface area contributed by atoms with Crippen LogP contribution in [0.3, 0.4) is 0 Å². The minimum absolute atomic E-state index is 0.177. The summed E-state index contributed by atoms with van der Waals surface area (Å²) in [7, 11) is 0. The lowest BCUT2D eigenvalue weighted by atomic mass is 10.1. The Morgan fingerprint density at radius 1 is 1.28 bits per heavy atom. The fraction of sp³-hybridized carbons (Fsp3) is 0.462. The number of hydrogen-bond acceptors (Lipinski definition) is 2. The van der Waals surface area contributed by atoms with Crippen LogP contribution < -0.4 is 5.32 Å².